The Morgan fingerprint density at radius 2 is 2.33 bits per heavy atom. The molecule has 0 aliphatic carbocycles. The molecule has 0 aromatic heterocycles. The third-order valence-corrected chi connectivity index (χ3v) is 1.56. The lowest BCUT2D eigenvalue weighted by Crippen LogP contribution is -2.01. The topological polar surface area (TPSA) is 46.5 Å². The van der Waals surface area contributed by atoms with Gasteiger partial charge in [0.15, 0.2) is 0 Å². The molecular formula is C9H10O3. The van der Waals surface area contributed by atoms with Crippen LogP contribution in [0, 0.1) is 6.92 Å². The highest BCUT2D eigenvalue weighted by atomic mass is 16.5. The number of ether oxygens (including phenoxy) is 1. The molecule has 1 rings (SSSR count). The molecule has 1 aromatic rings. The van der Waals surface area contributed by atoms with Crippen LogP contribution in [0.4, 0.5) is 0 Å². The molecule has 1 N–H and O–H groups in total. The fourth-order valence-corrected chi connectivity index (χ4v) is 1.02. The number of benzene rings is 1. The molecule has 0 fully saturated rings. The van der Waals surface area contributed by atoms with Crippen molar-refractivity contribution in [3.8, 4) is 5.75 Å². The fourth-order valence-electron chi connectivity index (χ4n) is 1.02. The second-order valence-electron chi connectivity index (χ2n) is 2.39. The van der Waals surface area contributed by atoms with Gasteiger partial charge in [-0.15, -0.1) is 0 Å². The first kappa shape index (κ1) is 7.16. The number of carboxylic acids is 1. The van der Waals surface area contributed by atoms with Crippen LogP contribution in [-0.4, -0.2) is 18.2 Å². The molecule has 3 nitrogen and oxygen atoms in total. The van der Waals surface area contributed by atoms with Gasteiger partial charge in [-0.25, -0.2) is 4.79 Å². The molecule has 0 bridgehead atoms. The molecule has 12 heavy (non-hydrogen) atoms. The minimum Gasteiger partial charge on any atom is -0.496 e. The van der Waals surface area contributed by atoms with Crippen LogP contribution < -0.4 is 4.74 Å². The van der Waals surface area contributed by atoms with Gasteiger partial charge in [-0.1, -0.05) is 12.1 Å². The van der Waals surface area contributed by atoms with Gasteiger partial charge in [-0.2, -0.15) is 0 Å². The summed E-state index contributed by atoms with van der Waals surface area (Å²) in [5.41, 5.74) is 0.694. The number of methoxy groups -OCH3 is 1. The fraction of sp³-hybridized carbons (Fsp3) is 0.222. The van der Waals surface area contributed by atoms with E-state index in [2.05, 4.69) is 0 Å². The van der Waals surface area contributed by atoms with Gasteiger partial charge in [-0.05, 0) is 18.6 Å². The minimum absolute atomic E-state index is 0.0347. The first-order chi connectivity index (χ1) is 6.06. The molecule has 1 aromatic carbocycles. The van der Waals surface area contributed by atoms with E-state index in [0.717, 1.165) is 0 Å². The maximum Gasteiger partial charge on any atom is 0.339 e. The van der Waals surface area contributed by atoms with E-state index in [-0.39, 0.29) is 11.6 Å². The molecule has 0 amide bonds. The lowest BCUT2D eigenvalue weighted by Gasteiger charge is -2.06. The van der Waals surface area contributed by atoms with Gasteiger partial charge in [0.1, 0.15) is 11.3 Å². The molecule has 0 atom stereocenters. The third-order valence-electron chi connectivity index (χ3n) is 1.56. The Balaban J connectivity index is 3.38. The summed E-state index contributed by atoms with van der Waals surface area (Å²) in [5, 5.41) is 8.78. The van der Waals surface area contributed by atoms with Crippen LogP contribution in [-0.2, 0) is 0 Å². The number of para-hydroxylation sites is 1. The number of aryl methyl sites for hydroxylation is 1. The van der Waals surface area contributed by atoms with Crippen LogP contribution in [0.1, 0.15) is 17.3 Å². The summed E-state index contributed by atoms with van der Waals surface area (Å²) in [6.07, 6.45) is 0. The Bertz CT molecular complexity index is 347. The Morgan fingerprint density at radius 3 is 2.83 bits per heavy atom. The second-order valence-corrected chi connectivity index (χ2v) is 2.39. The van der Waals surface area contributed by atoms with E-state index >= 15 is 0 Å². The van der Waals surface area contributed by atoms with Crippen molar-refractivity contribution in [3.05, 3.63) is 29.3 Å². The largest absolute Gasteiger partial charge is 0.496 e. The predicted molar refractivity (Wildman–Crippen MR) is 44.7 cm³/mol. The van der Waals surface area contributed by atoms with Crippen LogP contribution in [0.3, 0.4) is 0 Å². The number of aromatic carboxylic acids is 1. The summed E-state index contributed by atoms with van der Waals surface area (Å²) in [5.74, 6) is -0.752. The molecule has 0 spiro atoms. The molecule has 0 saturated heterocycles. The van der Waals surface area contributed by atoms with Gasteiger partial charge in [0.05, 0.1) is 8.48 Å². The summed E-state index contributed by atoms with van der Waals surface area (Å²) in [6, 6.07) is 3.01. The van der Waals surface area contributed by atoms with Crippen LogP contribution in [0.2, 0.25) is 0 Å². The lowest BCUT2D eigenvalue weighted by molar-refractivity contribution is 0.0693. The average Bonchev–Trinajstić information content (AvgIpc) is 2.02. The van der Waals surface area contributed by atoms with Crippen molar-refractivity contribution in [1.29, 1.82) is 0 Å². The van der Waals surface area contributed by atoms with Crippen molar-refractivity contribution in [1.82, 2.24) is 0 Å². The van der Waals surface area contributed by atoms with E-state index in [9.17, 15) is 4.79 Å². The Morgan fingerprint density at radius 1 is 1.67 bits per heavy atom. The van der Waals surface area contributed by atoms with Crippen molar-refractivity contribution in [2.24, 2.45) is 0 Å². The number of carbonyl (C=O) groups is 1. The van der Waals surface area contributed by atoms with Gasteiger partial charge in [0.25, 0.3) is 0 Å². The van der Waals surface area contributed by atoms with Gasteiger partial charge in [0.2, 0.25) is 0 Å². The molecule has 64 valence electrons. The smallest absolute Gasteiger partial charge is 0.339 e. The van der Waals surface area contributed by atoms with E-state index in [1.54, 1.807) is 13.0 Å². The molecule has 3 heteroatoms. The van der Waals surface area contributed by atoms with E-state index < -0.39 is 5.97 Å². The van der Waals surface area contributed by atoms with Crippen molar-refractivity contribution in [2.75, 3.05) is 7.11 Å². The van der Waals surface area contributed by atoms with Crippen LogP contribution >= 0.6 is 0 Å². The number of hydrogen-bond acceptors (Lipinski definition) is 2. The molecule has 0 aliphatic heterocycles. The van der Waals surface area contributed by atoms with Gasteiger partial charge >= 0.3 is 5.97 Å². The lowest BCUT2D eigenvalue weighted by atomic mass is 10.1. The zero-order valence-corrected chi connectivity index (χ0v) is 6.92. The monoisotopic (exact) mass is 167 g/mol. The van der Waals surface area contributed by atoms with Gasteiger partial charge in [-0.3, -0.25) is 0 Å². The van der Waals surface area contributed by atoms with E-state index in [1.165, 1.54) is 13.2 Å². The third kappa shape index (κ3) is 1.39. The average molecular weight is 167 g/mol. The Kier molecular flexibility index (Phi) is 1.94. The second kappa shape index (κ2) is 3.26. The number of carboxylic acid groups (broad SMARTS) is 1. The first-order valence-electron chi connectivity index (χ1n) is 3.94. The predicted octanol–water partition coefficient (Wildman–Crippen LogP) is 1.70. The highest BCUT2D eigenvalue weighted by Crippen LogP contribution is 2.22. The van der Waals surface area contributed by atoms with E-state index in [0.29, 0.717) is 11.3 Å². The van der Waals surface area contributed by atoms with Crippen molar-refractivity contribution < 1.29 is 16.0 Å². The molecule has 0 unspecified atom stereocenters. The van der Waals surface area contributed by atoms with Crippen LogP contribution in [0.15, 0.2) is 18.2 Å². The van der Waals surface area contributed by atoms with E-state index in [1.807, 2.05) is 0 Å². The van der Waals surface area contributed by atoms with Gasteiger partial charge < -0.3 is 9.84 Å². The summed E-state index contributed by atoms with van der Waals surface area (Å²) in [4.78, 5) is 10.7. The Hall–Kier alpha value is -1.51. The summed E-state index contributed by atoms with van der Waals surface area (Å²) in [6.45, 7) is 1.71. The molecular weight excluding hydrogens is 156 g/mol. The summed E-state index contributed by atoms with van der Waals surface area (Å²) in [7, 11) is 1.42. The standard InChI is InChI=1S/C9H10O3/c1-6-4-3-5-7(9(10)11)8(6)12-2/h3-5H,1-2H3,(H,10,11)/i3D. The maximum absolute atomic E-state index is 10.7. The van der Waals surface area contributed by atoms with Crippen molar-refractivity contribution >= 4 is 5.97 Å². The molecule has 0 heterocycles. The van der Waals surface area contributed by atoms with Crippen LogP contribution in [0.25, 0.3) is 0 Å². The number of rotatable bonds is 2. The SMILES string of the molecule is [2H]c1cc(C)c(OC)c(C(=O)O)c1. The highest BCUT2D eigenvalue weighted by molar-refractivity contribution is 5.91. The summed E-state index contributed by atoms with van der Waals surface area (Å²) < 4.78 is 12.3. The van der Waals surface area contributed by atoms with Gasteiger partial charge in [0, 0.05) is 0 Å². The minimum atomic E-state index is -1.07. The zero-order valence-electron chi connectivity index (χ0n) is 7.92. The molecule has 0 saturated carbocycles. The molecule has 0 aliphatic rings. The number of hydrogen-bond donors (Lipinski definition) is 1. The quantitative estimate of drug-likeness (QED) is 0.729. The van der Waals surface area contributed by atoms with Crippen molar-refractivity contribution in [2.45, 2.75) is 6.92 Å². The van der Waals surface area contributed by atoms with Crippen LogP contribution in [0.5, 0.6) is 5.75 Å². The normalized spacial score (nSPS) is 10.7. The highest BCUT2D eigenvalue weighted by Gasteiger charge is 2.11. The zero-order chi connectivity index (χ0) is 10.0. The van der Waals surface area contributed by atoms with E-state index in [4.69, 9.17) is 11.2 Å². The van der Waals surface area contributed by atoms with Crippen molar-refractivity contribution in [3.63, 3.8) is 0 Å². The Labute approximate surface area is 72.0 Å². The molecule has 0 radical (unpaired) electrons. The maximum atomic E-state index is 10.7. The first-order valence-corrected chi connectivity index (χ1v) is 3.44. The summed E-state index contributed by atoms with van der Waals surface area (Å²) >= 11 is 0.